The van der Waals surface area contributed by atoms with Gasteiger partial charge in [-0.15, -0.1) is 0 Å². The van der Waals surface area contributed by atoms with Crippen molar-refractivity contribution in [3.63, 3.8) is 0 Å². The predicted molar refractivity (Wildman–Crippen MR) is 83.7 cm³/mol. The van der Waals surface area contributed by atoms with Crippen LogP contribution in [0.1, 0.15) is 44.0 Å². The van der Waals surface area contributed by atoms with Crippen molar-refractivity contribution in [2.75, 3.05) is 5.32 Å². The summed E-state index contributed by atoms with van der Waals surface area (Å²) >= 11 is 0. The third-order valence-electron chi connectivity index (χ3n) is 4.22. The molecule has 21 heavy (non-hydrogen) atoms. The molecule has 112 valence electrons. The second kappa shape index (κ2) is 5.84. The van der Waals surface area contributed by atoms with E-state index >= 15 is 0 Å². The number of nitrogens with one attached hydrogen (secondary N) is 1. The van der Waals surface area contributed by atoms with Crippen LogP contribution in [-0.4, -0.2) is 25.8 Å². The smallest absolute Gasteiger partial charge is 0.174 e. The molecule has 1 saturated carbocycles. The predicted octanol–water partition coefficient (Wildman–Crippen LogP) is 3.27. The van der Waals surface area contributed by atoms with E-state index in [1.165, 1.54) is 25.7 Å². The first kappa shape index (κ1) is 14.0. The maximum Gasteiger partial charge on any atom is 0.174 e. The Labute approximate surface area is 125 Å². The number of anilines is 1. The van der Waals surface area contributed by atoms with Gasteiger partial charge in [0.1, 0.15) is 5.82 Å². The Bertz CT molecular complexity index is 611. The lowest BCUT2D eigenvalue weighted by Gasteiger charge is -2.27. The highest BCUT2D eigenvalue weighted by atomic mass is 15.3. The molecule has 1 aliphatic rings. The zero-order chi connectivity index (χ0) is 14.8. The fourth-order valence-corrected chi connectivity index (χ4v) is 3.00. The molecule has 0 aliphatic heterocycles. The molecule has 0 unspecified atom stereocenters. The first-order valence-electron chi connectivity index (χ1n) is 7.74. The minimum Gasteiger partial charge on any atom is -0.366 e. The highest BCUT2D eigenvalue weighted by molar-refractivity contribution is 5.37. The topological polar surface area (TPSA) is 55.6 Å². The van der Waals surface area contributed by atoms with Gasteiger partial charge in [0.25, 0.3) is 0 Å². The maximum atomic E-state index is 4.66. The van der Waals surface area contributed by atoms with Crippen LogP contribution in [0.15, 0.2) is 18.5 Å². The van der Waals surface area contributed by atoms with Gasteiger partial charge < -0.3 is 5.32 Å². The molecule has 5 heteroatoms. The van der Waals surface area contributed by atoms with Gasteiger partial charge in [-0.2, -0.15) is 5.10 Å². The molecule has 5 nitrogen and oxygen atoms in total. The average molecular weight is 285 g/mol. The highest BCUT2D eigenvalue weighted by Gasteiger charge is 2.18. The van der Waals surface area contributed by atoms with Crippen LogP contribution in [0, 0.1) is 19.8 Å². The van der Waals surface area contributed by atoms with Crippen LogP contribution in [0.25, 0.3) is 5.82 Å². The van der Waals surface area contributed by atoms with Crippen LogP contribution in [0.3, 0.4) is 0 Å². The molecular weight excluding hydrogens is 262 g/mol. The van der Waals surface area contributed by atoms with Gasteiger partial charge in [0.2, 0.25) is 0 Å². The third-order valence-corrected chi connectivity index (χ3v) is 4.22. The highest BCUT2D eigenvalue weighted by Crippen LogP contribution is 2.25. The van der Waals surface area contributed by atoms with Crippen molar-refractivity contribution in [3.8, 4) is 5.82 Å². The molecule has 2 aromatic heterocycles. The van der Waals surface area contributed by atoms with Crippen LogP contribution in [0.2, 0.25) is 0 Å². The van der Waals surface area contributed by atoms with Crippen LogP contribution < -0.4 is 5.32 Å². The second-order valence-corrected chi connectivity index (χ2v) is 6.20. The van der Waals surface area contributed by atoms with E-state index in [4.69, 9.17) is 0 Å². The summed E-state index contributed by atoms with van der Waals surface area (Å²) in [4.78, 5) is 8.96. The van der Waals surface area contributed by atoms with E-state index in [1.807, 2.05) is 24.6 Å². The largest absolute Gasteiger partial charge is 0.366 e. The average Bonchev–Trinajstić information content (AvgIpc) is 2.81. The lowest BCUT2D eigenvalue weighted by Crippen LogP contribution is -2.25. The Morgan fingerprint density at radius 1 is 1.14 bits per heavy atom. The van der Waals surface area contributed by atoms with Gasteiger partial charge in [-0.05, 0) is 51.5 Å². The van der Waals surface area contributed by atoms with E-state index in [9.17, 15) is 0 Å². The molecule has 1 N–H and O–H groups in total. The van der Waals surface area contributed by atoms with E-state index in [-0.39, 0.29) is 0 Å². The van der Waals surface area contributed by atoms with Gasteiger partial charge in [0.15, 0.2) is 5.82 Å². The summed E-state index contributed by atoms with van der Waals surface area (Å²) in [6, 6.07) is 2.57. The van der Waals surface area contributed by atoms with E-state index in [0.29, 0.717) is 6.04 Å². The molecule has 3 rings (SSSR count). The van der Waals surface area contributed by atoms with Gasteiger partial charge in [-0.3, -0.25) is 4.98 Å². The van der Waals surface area contributed by atoms with Crippen LogP contribution in [-0.2, 0) is 0 Å². The van der Waals surface area contributed by atoms with Crippen molar-refractivity contribution in [2.45, 2.75) is 52.5 Å². The fraction of sp³-hybridized carbons (Fsp3) is 0.562. The van der Waals surface area contributed by atoms with Crippen molar-refractivity contribution in [3.05, 3.63) is 29.8 Å². The number of hydrogen-bond donors (Lipinski definition) is 1. The summed E-state index contributed by atoms with van der Waals surface area (Å²) in [6.07, 6.45) is 8.57. The Morgan fingerprint density at radius 3 is 2.57 bits per heavy atom. The molecule has 0 amide bonds. The second-order valence-electron chi connectivity index (χ2n) is 6.20. The molecule has 1 fully saturated rings. The lowest BCUT2D eigenvalue weighted by atomic mass is 9.87. The van der Waals surface area contributed by atoms with Gasteiger partial charge in [-0.25, -0.2) is 9.67 Å². The van der Waals surface area contributed by atoms with Gasteiger partial charge in [0, 0.05) is 11.7 Å². The maximum absolute atomic E-state index is 4.66. The van der Waals surface area contributed by atoms with Gasteiger partial charge >= 0.3 is 0 Å². The van der Waals surface area contributed by atoms with Crippen molar-refractivity contribution in [1.29, 1.82) is 0 Å². The summed E-state index contributed by atoms with van der Waals surface area (Å²) in [5.41, 5.74) is 2.07. The quantitative estimate of drug-likeness (QED) is 0.940. The molecule has 0 spiro atoms. The Hall–Kier alpha value is -1.91. The van der Waals surface area contributed by atoms with Crippen molar-refractivity contribution in [1.82, 2.24) is 19.7 Å². The van der Waals surface area contributed by atoms with Crippen molar-refractivity contribution >= 4 is 5.82 Å². The van der Waals surface area contributed by atoms with E-state index < -0.39 is 0 Å². The van der Waals surface area contributed by atoms with E-state index in [0.717, 1.165) is 28.9 Å². The summed E-state index contributed by atoms with van der Waals surface area (Å²) in [5.74, 6) is 2.48. The van der Waals surface area contributed by atoms with Gasteiger partial charge in [-0.1, -0.05) is 6.92 Å². The Balaban J connectivity index is 1.76. The Kier molecular flexibility index (Phi) is 3.90. The van der Waals surface area contributed by atoms with E-state index in [1.54, 1.807) is 12.4 Å². The van der Waals surface area contributed by atoms with Crippen molar-refractivity contribution in [2.24, 2.45) is 5.92 Å². The molecule has 0 aromatic carbocycles. The number of aromatic nitrogens is 4. The van der Waals surface area contributed by atoms with Crippen molar-refractivity contribution < 1.29 is 0 Å². The Morgan fingerprint density at radius 2 is 1.90 bits per heavy atom. The summed E-state index contributed by atoms with van der Waals surface area (Å²) in [5, 5.41) is 7.99. The summed E-state index contributed by atoms with van der Waals surface area (Å²) < 4.78 is 1.84. The molecule has 1 aliphatic carbocycles. The zero-order valence-electron chi connectivity index (χ0n) is 13.0. The molecule has 0 saturated heterocycles. The first-order chi connectivity index (χ1) is 10.1. The molecule has 0 atom stereocenters. The van der Waals surface area contributed by atoms with Crippen LogP contribution in [0.5, 0.6) is 0 Å². The third kappa shape index (κ3) is 3.23. The molecule has 0 radical (unpaired) electrons. The lowest BCUT2D eigenvalue weighted by molar-refractivity contribution is 0.360. The normalized spacial score (nSPS) is 22.2. The minimum atomic E-state index is 0.520. The SMILES string of the molecule is Cc1cc(C)n(-c2cncc(NC3CCC(C)CC3)n2)n1. The molecular formula is C16H23N5. The number of aryl methyl sites for hydroxylation is 2. The molecule has 2 heterocycles. The minimum absolute atomic E-state index is 0.520. The number of hydrogen-bond acceptors (Lipinski definition) is 4. The number of nitrogens with zero attached hydrogens (tertiary/aromatic N) is 4. The molecule has 2 aromatic rings. The number of rotatable bonds is 3. The zero-order valence-corrected chi connectivity index (χ0v) is 13.0. The molecule has 0 bridgehead atoms. The van der Waals surface area contributed by atoms with Crippen LogP contribution >= 0.6 is 0 Å². The fourth-order valence-electron chi connectivity index (χ4n) is 3.00. The summed E-state index contributed by atoms with van der Waals surface area (Å²) in [7, 11) is 0. The van der Waals surface area contributed by atoms with Crippen LogP contribution in [0.4, 0.5) is 5.82 Å². The monoisotopic (exact) mass is 285 g/mol. The van der Waals surface area contributed by atoms with E-state index in [2.05, 4.69) is 27.3 Å². The summed E-state index contributed by atoms with van der Waals surface area (Å²) in [6.45, 7) is 6.35. The standard InChI is InChI=1S/C16H23N5/c1-11-4-6-14(7-5-11)18-15-9-17-10-16(19-15)21-13(3)8-12(2)20-21/h8-11,14H,4-7H2,1-3H3,(H,18,19). The first-order valence-corrected chi connectivity index (χ1v) is 7.74. The van der Waals surface area contributed by atoms with Gasteiger partial charge in [0.05, 0.1) is 18.1 Å².